The summed E-state index contributed by atoms with van der Waals surface area (Å²) >= 11 is 0. The van der Waals surface area contributed by atoms with Crippen LogP contribution in [0.3, 0.4) is 0 Å². The van der Waals surface area contributed by atoms with Gasteiger partial charge in [0, 0.05) is 12.4 Å². The molecule has 2 unspecified atom stereocenters. The van der Waals surface area contributed by atoms with Crippen LogP contribution in [0.5, 0.6) is 0 Å². The topological polar surface area (TPSA) is 147 Å². The van der Waals surface area contributed by atoms with Gasteiger partial charge in [0.25, 0.3) is 0 Å². The van der Waals surface area contributed by atoms with E-state index >= 15 is 0 Å². The van der Waals surface area contributed by atoms with Crippen molar-refractivity contribution in [3.63, 3.8) is 0 Å². The van der Waals surface area contributed by atoms with E-state index < -0.39 is 42.5 Å². The van der Waals surface area contributed by atoms with Crippen molar-refractivity contribution in [2.24, 2.45) is 5.92 Å². The molecule has 2 N–H and O–H groups in total. The Morgan fingerprint density at radius 3 is 2.15 bits per heavy atom. The van der Waals surface area contributed by atoms with Crippen LogP contribution in [0.1, 0.15) is 33.1 Å². The van der Waals surface area contributed by atoms with E-state index in [1.54, 1.807) is 0 Å². The van der Waals surface area contributed by atoms with Gasteiger partial charge in [-0.2, -0.15) is 0 Å². The number of carboxylic acids is 2. The van der Waals surface area contributed by atoms with Gasteiger partial charge in [0.1, 0.15) is 12.2 Å². The van der Waals surface area contributed by atoms with Crippen LogP contribution < -0.4 is 10.2 Å². The predicted octanol–water partition coefficient (Wildman–Crippen LogP) is -3.05. The van der Waals surface area contributed by atoms with Crippen LogP contribution >= 0.6 is 0 Å². The molecule has 2 atom stereocenters. The largest absolute Gasteiger partial charge is 0.550 e. The van der Waals surface area contributed by atoms with E-state index in [-0.39, 0.29) is 12.5 Å². The Kier molecular flexibility index (Phi) is 7.16. The summed E-state index contributed by atoms with van der Waals surface area (Å²) in [4.78, 5) is 32.3. The molecule has 0 saturated heterocycles. The van der Waals surface area contributed by atoms with Gasteiger partial charge >= 0.3 is 5.97 Å². The number of carbonyl (C=O) groups is 3. The molecule has 0 fully saturated rings. The van der Waals surface area contributed by atoms with Crippen molar-refractivity contribution >= 4 is 17.9 Å². The molecular weight excluding hydrogens is 272 g/mol. The lowest BCUT2D eigenvalue weighted by molar-refractivity contribution is -0.333. The Bertz CT molecular complexity index is 364. The van der Waals surface area contributed by atoms with E-state index in [9.17, 15) is 34.8 Å². The molecule has 0 aromatic heterocycles. The molecule has 0 bridgehead atoms. The van der Waals surface area contributed by atoms with Crippen LogP contribution in [0.2, 0.25) is 0 Å². The Hall–Kier alpha value is -1.67. The summed E-state index contributed by atoms with van der Waals surface area (Å²) in [6.07, 6.45) is -2.94. The number of rotatable bonds is 9. The average Bonchev–Trinajstić information content (AvgIpc) is 2.23. The zero-order valence-electron chi connectivity index (χ0n) is 11.3. The van der Waals surface area contributed by atoms with Gasteiger partial charge in [0.2, 0.25) is 0 Å². The zero-order valence-corrected chi connectivity index (χ0v) is 11.3. The Labute approximate surface area is 116 Å². The third kappa shape index (κ3) is 7.05. The number of hydrogen-bond donors (Lipinski definition) is 2. The predicted molar refractivity (Wildman–Crippen MR) is 60.6 cm³/mol. The molecule has 0 aliphatic rings. The number of carbonyl (C=O) groups excluding carboxylic acids is 3. The van der Waals surface area contributed by atoms with Crippen molar-refractivity contribution in [2.75, 3.05) is 6.61 Å². The summed E-state index contributed by atoms with van der Waals surface area (Å²) < 4.78 is 4.58. The molecule has 0 aromatic rings. The van der Waals surface area contributed by atoms with E-state index in [0.717, 1.165) is 0 Å². The number of aliphatic carboxylic acids is 2. The third-order valence-electron chi connectivity index (χ3n) is 2.43. The minimum Gasteiger partial charge on any atom is -0.550 e. The molecular formula is C12H18O8-2. The molecule has 0 aliphatic carbocycles. The first kappa shape index (κ1) is 18.3. The monoisotopic (exact) mass is 290 g/mol. The summed E-state index contributed by atoms with van der Waals surface area (Å²) in [7, 11) is 0. The van der Waals surface area contributed by atoms with Crippen molar-refractivity contribution in [3.05, 3.63) is 0 Å². The van der Waals surface area contributed by atoms with Crippen LogP contribution in [-0.4, -0.2) is 46.4 Å². The first-order valence-electron chi connectivity index (χ1n) is 6.04. The maximum absolute atomic E-state index is 11.3. The van der Waals surface area contributed by atoms with Crippen LogP contribution in [0, 0.1) is 5.92 Å². The number of carboxylic acid groups (broad SMARTS) is 2. The normalized spacial score (nSPS) is 15.4. The zero-order chi connectivity index (χ0) is 15.9. The highest BCUT2D eigenvalue weighted by Crippen LogP contribution is 2.15. The lowest BCUT2D eigenvalue weighted by Crippen LogP contribution is -2.52. The van der Waals surface area contributed by atoms with Gasteiger partial charge in [-0.3, -0.25) is 4.79 Å². The Morgan fingerprint density at radius 1 is 1.20 bits per heavy atom. The van der Waals surface area contributed by atoms with Gasteiger partial charge in [-0.25, -0.2) is 0 Å². The van der Waals surface area contributed by atoms with Gasteiger partial charge in [0.15, 0.2) is 0 Å². The lowest BCUT2D eigenvalue weighted by Gasteiger charge is -2.28. The van der Waals surface area contributed by atoms with E-state index in [1.807, 2.05) is 13.8 Å². The van der Waals surface area contributed by atoms with Gasteiger partial charge in [0.05, 0.1) is 18.5 Å². The van der Waals surface area contributed by atoms with E-state index in [0.29, 0.717) is 6.42 Å². The summed E-state index contributed by atoms with van der Waals surface area (Å²) in [6, 6.07) is 0. The standard InChI is InChI=1S/C12H20O8/c1-7(2)3-8(13)6-20-10(16)5-12(19,11(17)18)4-9(14)15/h7-8,13,19H,3-6H2,1-2H3,(H,14,15)(H,17,18)/p-2. The molecule has 0 aromatic carbocycles. The summed E-state index contributed by atoms with van der Waals surface area (Å²) in [5, 5.41) is 39.9. The highest BCUT2D eigenvalue weighted by atomic mass is 16.5. The molecule has 0 saturated carbocycles. The van der Waals surface area contributed by atoms with Crippen molar-refractivity contribution in [2.45, 2.75) is 44.8 Å². The van der Waals surface area contributed by atoms with E-state index in [4.69, 9.17) is 0 Å². The highest BCUT2D eigenvalue weighted by Gasteiger charge is 2.33. The van der Waals surface area contributed by atoms with Crippen molar-refractivity contribution in [1.82, 2.24) is 0 Å². The van der Waals surface area contributed by atoms with Crippen LogP contribution in [0.4, 0.5) is 0 Å². The number of hydrogen-bond acceptors (Lipinski definition) is 8. The van der Waals surface area contributed by atoms with Crippen LogP contribution in [0.25, 0.3) is 0 Å². The fourth-order valence-corrected chi connectivity index (χ4v) is 1.54. The summed E-state index contributed by atoms with van der Waals surface area (Å²) in [6.45, 7) is 3.32. The molecule has 0 rings (SSSR count). The fourth-order valence-electron chi connectivity index (χ4n) is 1.54. The van der Waals surface area contributed by atoms with Gasteiger partial charge in [-0.1, -0.05) is 13.8 Å². The first-order chi connectivity index (χ1) is 9.06. The fraction of sp³-hybridized carbons (Fsp3) is 0.750. The van der Waals surface area contributed by atoms with Crippen molar-refractivity contribution in [3.8, 4) is 0 Å². The molecule has 0 spiro atoms. The molecule has 0 amide bonds. The molecule has 8 heteroatoms. The maximum Gasteiger partial charge on any atom is 0.309 e. The van der Waals surface area contributed by atoms with E-state index in [2.05, 4.69) is 4.74 Å². The number of esters is 1. The molecule has 0 aliphatic heterocycles. The quantitative estimate of drug-likeness (QED) is 0.425. The first-order valence-corrected chi connectivity index (χ1v) is 6.04. The number of ether oxygens (including phenoxy) is 1. The molecule has 20 heavy (non-hydrogen) atoms. The minimum absolute atomic E-state index is 0.168. The van der Waals surface area contributed by atoms with Crippen molar-refractivity contribution < 1.29 is 39.5 Å². The van der Waals surface area contributed by atoms with Gasteiger partial charge in [-0.05, 0) is 12.3 Å². The molecule has 0 radical (unpaired) electrons. The highest BCUT2D eigenvalue weighted by molar-refractivity contribution is 5.87. The maximum atomic E-state index is 11.3. The average molecular weight is 290 g/mol. The second-order valence-corrected chi connectivity index (χ2v) is 5.01. The van der Waals surface area contributed by atoms with Crippen molar-refractivity contribution in [1.29, 1.82) is 0 Å². The molecule has 0 heterocycles. The van der Waals surface area contributed by atoms with Gasteiger partial charge < -0.3 is 34.8 Å². The Morgan fingerprint density at radius 2 is 1.75 bits per heavy atom. The SMILES string of the molecule is CC(C)CC(O)COC(=O)CC(O)(CC(=O)[O-])C(=O)[O-]. The number of aliphatic hydroxyl groups excluding tert-OH is 1. The second kappa shape index (κ2) is 7.81. The third-order valence-corrected chi connectivity index (χ3v) is 2.43. The molecule has 116 valence electrons. The van der Waals surface area contributed by atoms with Crippen LogP contribution in [-0.2, 0) is 19.1 Å². The second-order valence-electron chi connectivity index (χ2n) is 5.01. The van der Waals surface area contributed by atoms with E-state index in [1.165, 1.54) is 0 Å². The smallest absolute Gasteiger partial charge is 0.309 e. The van der Waals surface area contributed by atoms with Gasteiger partial charge in [-0.15, -0.1) is 0 Å². The van der Waals surface area contributed by atoms with Crippen LogP contribution in [0.15, 0.2) is 0 Å². The summed E-state index contributed by atoms with van der Waals surface area (Å²) in [5.74, 6) is -4.94. The Balaban J connectivity index is 4.41. The lowest BCUT2D eigenvalue weighted by atomic mass is 9.96. The molecule has 8 nitrogen and oxygen atoms in total. The minimum atomic E-state index is -2.89. The number of aliphatic hydroxyl groups is 2. The summed E-state index contributed by atoms with van der Waals surface area (Å²) in [5.41, 5.74) is -2.89.